The Hall–Kier alpha value is -4.27. The Labute approximate surface area is 193 Å². The zero-order valence-electron chi connectivity index (χ0n) is 18.0. The lowest BCUT2D eigenvalue weighted by atomic mass is 9.95. The van der Waals surface area contributed by atoms with Crippen molar-refractivity contribution >= 4 is 28.8 Å². The number of carbonyl (C=O) groups excluding carboxylic acids is 2. The van der Waals surface area contributed by atoms with E-state index >= 15 is 0 Å². The molecule has 1 saturated heterocycles. The summed E-state index contributed by atoms with van der Waals surface area (Å²) < 4.78 is 34.3. The summed E-state index contributed by atoms with van der Waals surface area (Å²) >= 11 is 0. The fourth-order valence-corrected chi connectivity index (χ4v) is 4.26. The lowest BCUT2D eigenvalue weighted by molar-refractivity contribution is -0.132. The van der Waals surface area contributed by atoms with E-state index in [1.807, 2.05) is 11.9 Å². The highest BCUT2D eigenvalue weighted by atomic mass is 19.1. The van der Waals surface area contributed by atoms with Gasteiger partial charge in [0, 0.05) is 31.1 Å². The van der Waals surface area contributed by atoms with Crippen molar-refractivity contribution in [1.29, 1.82) is 0 Å². The summed E-state index contributed by atoms with van der Waals surface area (Å²) in [6.45, 7) is 1.15. The molecular formula is C25H19F2N3O4. The molecule has 172 valence electrons. The average molecular weight is 463 g/mol. The van der Waals surface area contributed by atoms with Gasteiger partial charge in [0.1, 0.15) is 29.8 Å². The predicted octanol–water partition coefficient (Wildman–Crippen LogP) is 3.81. The highest BCUT2D eigenvalue weighted by molar-refractivity contribution is 6.51. The first-order valence-corrected chi connectivity index (χ1v) is 10.5. The van der Waals surface area contributed by atoms with Gasteiger partial charge >= 0.3 is 0 Å². The van der Waals surface area contributed by atoms with Gasteiger partial charge in [-0.05, 0) is 42.0 Å². The number of pyridine rings is 1. The van der Waals surface area contributed by atoms with Crippen LogP contribution in [-0.4, -0.2) is 42.0 Å². The van der Waals surface area contributed by atoms with Gasteiger partial charge in [0.25, 0.3) is 11.7 Å². The van der Waals surface area contributed by atoms with Gasteiger partial charge in [-0.15, -0.1) is 0 Å². The molecule has 1 unspecified atom stereocenters. The number of rotatable bonds is 3. The van der Waals surface area contributed by atoms with Crippen molar-refractivity contribution < 1.29 is 28.2 Å². The molecule has 34 heavy (non-hydrogen) atoms. The van der Waals surface area contributed by atoms with Crippen LogP contribution < -0.4 is 14.5 Å². The van der Waals surface area contributed by atoms with Crippen LogP contribution in [0.1, 0.15) is 17.2 Å². The van der Waals surface area contributed by atoms with Crippen LogP contribution >= 0.6 is 0 Å². The number of ketones is 1. The van der Waals surface area contributed by atoms with Gasteiger partial charge in [-0.3, -0.25) is 19.5 Å². The molecule has 0 spiro atoms. The minimum Gasteiger partial charge on any atom is -0.507 e. The number of hydrogen-bond donors (Lipinski definition) is 1. The molecule has 1 aromatic heterocycles. The Morgan fingerprint density at radius 2 is 1.94 bits per heavy atom. The predicted molar refractivity (Wildman–Crippen MR) is 121 cm³/mol. The molecule has 3 aromatic rings. The monoisotopic (exact) mass is 463 g/mol. The number of ether oxygens (including phenoxy) is 1. The molecule has 1 amide bonds. The number of Topliss-reactive ketones (excluding diaryl/α,β-unsaturated/α-hetero) is 1. The first-order valence-electron chi connectivity index (χ1n) is 10.5. The molecule has 1 fully saturated rings. The zero-order chi connectivity index (χ0) is 24.0. The fraction of sp³-hybridized carbons (Fsp3) is 0.160. The molecule has 5 rings (SSSR count). The number of amides is 1. The SMILES string of the molecule is CN1CCOc2ccc(/C(O)=C3/C(=O)C(=O)N(c4cc(F)ccc4F)C3c3cccnc3)cc21. The number of hydrogen-bond acceptors (Lipinski definition) is 6. The fourth-order valence-electron chi connectivity index (χ4n) is 4.26. The molecule has 2 aromatic carbocycles. The van der Waals surface area contributed by atoms with Gasteiger partial charge < -0.3 is 14.7 Å². The van der Waals surface area contributed by atoms with E-state index in [0.717, 1.165) is 23.1 Å². The van der Waals surface area contributed by atoms with Crippen molar-refractivity contribution in [3.8, 4) is 5.75 Å². The summed E-state index contributed by atoms with van der Waals surface area (Å²) in [4.78, 5) is 33.1. The number of anilines is 2. The van der Waals surface area contributed by atoms with Crippen LogP contribution in [0.2, 0.25) is 0 Å². The second kappa shape index (κ2) is 8.26. The Morgan fingerprint density at radius 1 is 1.12 bits per heavy atom. The van der Waals surface area contributed by atoms with E-state index in [1.54, 1.807) is 30.3 Å². The number of nitrogens with zero attached hydrogens (tertiary/aromatic N) is 3. The third-order valence-corrected chi connectivity index (χ3v) is 5.94. The molecule has 2 aliphatic heterocycles. The Balaban J connectivity index is 1.72. The summed E-state index contributed by atoms with van der Waals surface area (Å²) in [7, 11) is 1.87. The van der Waals surface area contributed by atoms with Gasteiger partial charge in [0.05, 0.1) is 29.5 Å². The number of aromatic nitrogens is 1. The topological polar surface area (TPSA) is 83.0 Å². The van der Waals surface area contributed by atoms with Crippen molar-refractivity contribution in [3.05, 3.63) is 89.3 Å². The average Bonchev–Trinajstić information content (AvgIpc) is 3.11. The van der Waals surface area contributed by atoms with Gasteiger partial charge in [-0.1, -0.05) is 6.07 Å². The molecule has 0 radical (unpaired) electrons. The highest BCUT2D eigenvalue weighted by Gasteiger charge is 2.48. The van der Waals surface area contributed by atoms with E-state index in [1.165, 1.54) is 12.4 Å². The van der Waals surface area contributed by atoms with Crippen molar-refractivity contribution in [3.63, 3.8) is 0 Å². The van der Waals surface area contributed by atoms with Crippen LogP contribution in [0.5, 0.6) is 5.75 Å². The minimum absolute atomic E-state index is 0.249. The molecule has 3 heterocycles. The second-order valence-electron chi connectivity index (χ2n) is 8.00. The lowest BCUT2D eigenvalue weighted by Crippen LogP contribution is -2.30. The third-order valence-electron chi connectivity index (χ3n) is 5.94. The number of benzene rings is 2. The van der Waals surface area contributed by atoms with E-state index in [2.05, 4.69) is 4.98 Å². The Kier molecular flexibility index (Phi) is 5.24. The summed E-state index contributed by atoms with van der Waals surface area (Å²) in [5.41, 5.74) is 0.682. The van der Waals surface area contributed by atoms with Crippen LogP contribution in [0.4, 0.5) is 20.2 Å². The van der Waals surface area contributed by atoms with Crippen molar-refractivity contribution in [2.75, 3.05) is 30.0 Å². The van der Waals surface area contributed by atoms with E-state index < -0.39 is 40.8 Å². The molecule has 0 aliphatic carbocycles. The number of fused-ring (bicyclic) bond motifs is 1. The maximum absolute atomic E-state index is 14.7. The molecule has 2 aliphatic rings. The number of aliphatic hydroxyl groups excluding tert-OH is 1. The van der Waals surface area contributed by atoms with Crippen molar-refractivity contribution in [1.82, 2.24) is 4.98 Å². The molecule has 1 atom stereocenters. The first kappa shape index (κ1) is 21.6. The molecule has 0 bridgehead atoms. The maximum atomic E-state index is 14.7. The molecule has 1 N–H and O–H groups in total. The number of carbonyl (C=O) groups is 2. The summed E-state index contributed by atoms with van der Waals surface area (Å²) in [6.07, 6.45) is 2.90. The van der Waals surface area contributed by atoms with Crippen LogP contribution in [0.3, 0.4) is 0 Å². The zero-order valence-corrected chi connectivity index (χ0v) is 18.0. The maximum Gasteiger partial charge on any atom is 0.300 e. The van der Waals surface area contributed by atoms with Crippen LogP contribution in [0.15, 0.2) is 66.5 Å². The molecule has 7 nitrogen and oxygen atoms in total. The number of aliphatic hydroxyl groups is 1. The molecular weight excluding hydrogens is 444 g/mol. The van der Waals surface area contributed by atoms with E-state index in [9.17, 15) is 23.5 Å². The van der Waals surface area contributed by atoms with E-state index in [0.29, 0.717) is 30.2 Å². The normalized spacial score (nSPS) is 19.2. The van der Waals surface area contributed by atoms with Crippen LogP contribution in [0.25, 0.3) is 5.76 Å². The summed E-state index contributed by atoms with van der Waals surface area (Å²) in [5.74, 6) is -3.58. The van der Waals surface area contributed by atoms with E-state index in [4.69, 9.17) is 4.74 Å². The highest BCUT2D eigenvalue weighted by Crippen LogP contribution is 2.43. The quantitative estimate of drug-likeness (QED) is 0.361. The smallest absolute Gasteiger partial charge is 0.300 e. The summed E-state index contributed by atoms with van der Waals surface area (Å²) in [6, 6.07) is 9.50. The second-order valence-corrected chi connectivity index (χ2v) is 8.00. The minimum atomic E-state index is -1.21. The van der Waals surface area contributed by atoms with Gasteiger partial charge in [-0.25, -0.2) is 8.78 Å². The van der Waals surface area contributed by atoms with Crippen LogP contribution in [-0.2, 0) is 9.59 Å². The Morgan fingerprint density at radius 3 is 2.71 bits per heavy atom. The summed E-state index contributed by atoms with van der Waals surface area (Å²) in [5, 5.41) is 11.2. The van der Waals surface area contributed by atoms with Gasteiger partial charge in [0.2, 0.25) is 0 Å². The number of likely N-dealkylation sites (N-methyl/N-ethyl adjacent to an activating group) is 1. The van der Waals surface area contributed by atoms with Gasteiger partial charge in [0.15, 0.2) is 0 Å². The van der Waals surface area contributed by atoms with Gasteiger partial charge in [-0.2, -0.15) is 0 Å². The molecule has 9 heteroatoms. The Bertz CT molecular complexity index is 1340. The van der Waals surface area contributed by atoms with Crippen LogP contribution in [0, 0.1) is 11.6 Å². The third kappa shape index (κ3) is 3.45. The molecule has 0 saturated carbocycles. The first-order chi connectivity index (χ1) is 16.4. The van der Waals surface area contributed by atoms with Crippen molar-refractivity contribution in [2.45, 2.75) is 6.04 Å². The lowest BCUT2D eigenvalue weighted by Gasteiger charge is -2.28. The van der Waals surface area contributed by atoms with E-state index in [-0.39, 0.29) is 11.1 Å². The van der Waals surface area contributed by atoms with Crippen molar-refractivity contribution in [2.24, 2.45) is 0 Å². The largest absolute Gasteiger partial charge is 0.507 e. The number of halogens is 2. The standard InChI is InChI=1S/C25H19F2N3O4/c1-29-9-10-34-20-7-4-14(11-19(20)29)23(31)21-22(15-3-2-8-28-13-15)30(25(33)24(21)32)18-12-16(26)5-6-17(18)27/h2-8,11-13,22,31H,9-10H2,1H3/b23-21-.